The fourth-order valence-corrected chi connectivity index (χ4v) is 4.09. The smallest absolute Gasteiger partial charge is 0.269 e. The molecule has 0 aromatic heterocycles. The molecule has 0 unspecified atom stereocenters. The number of likely N-dealkylation sites (N-methyl/N-ethyl adjacent to an activating group) is 1. The topological polar surface area (TPSA) is 56.5 Å². The zero-order chi connectivity index (χ0) is 16.2. The Morgan fingerprint density at radius 1 is 1.13 bits per heavy atom. The average molecular weight is 321 g/mol. The number of hydrogen-bond acceptors (Lipinski definition) is 2. The first-order valence-corrected chi connectivity index (χ1v) is 8.84. The summed E-state index contributed by atoms with van der Waals surface area (Å²) in [6.45, 7) is 8.54. The summed E-state index contributed by atoms with van der Waals surface area (Å²) in [5.41, 5.74) is 1.30. The van der Waals surface area contributed by atoms with E-state index in [4.69, 9.17) is 0 Å². The summed E-state index contributed by atoms with van der Waals surface area (Å²) >= 11 is 0. The van der Waals surface area contributed by atoms with E-state index in [9.17, 15) is 10.1 Å². The van der Waals surface area contributed by atoms with Crippen LogP contribution < -0.4 is 14.7 Å². The third-order valence-electron chi connectivity index (χ3n) is 5.59. The van der Waals surface area contributed by atoms with E-state index >= 15 is 0 Å². The van der Waals surface area contributed by atoms with Gasteiger partial charge in [0, 0.05) is 30.5 Å². The van der Waals surface area contributed by atoms with Crippen LogP contribution in [0.1, 0.15) is 18.4 Å². The molecule has 3 rings (SSSR count). The number of rotatable bonds is 4. The number of nitro groups is 1. The van der Waals surface area contributed by atoms with Crippen molar-refractivity contribution in [3.05, 3.63) is 39.9 Å². The quantitative estimate of drug-likeness (QED) is 0.426. The molecule has 126 valence electrons. The molecular weight excluding hydrogens is 292 g/mol. The Morgan fingerprint density at radius 2 is 1.83 bits per heavy atom. The van der Waals surface area contributed by atoms with Crippen LogP contribution in [0.5, 0.6) is 0 Å². The summed E-state index contributed by atoms with van der Waals surface area (Å²) in [4.78, 5) is 15.6. The third kappa shape index (κ3) is 4.28. The Bertz CT molecular complexity index is 535. The molecule has 0 saturated carbocycles. The maximum Gasteiger partial charge on any atom is 0.269 e. The van der Waals surface area contributed by atoms with Gasteiger partial charge in [0.15, 0.2) is 0 Å². The molecule has 6 heteroatoms. The average Bonchev–Trinajstić information content (AvgIpc) is 2.57. The van der Waals surface area contributed by atoms with E-state index < -0.39 is 0 Å². The first-order valence-electron chi connectivity index (χ1n) is 8.84. The van der Waals surface area contributed by atoms with Crippen molar-refractivity contribution in [1.29, 1.82) is 0 Å². The highest BCUT2D eigenvalue weighted by Crippen LogP contribution is 2.12. The molecule has 3 N–H and O–H groups in total. The van der Waals surface area contributed by atoms with Crippen LogP contribution in [0.2, 0.25) is 0 Å². The molecule has 1 aromatic rings. The van der Waals surface area contributed by atoms with Crippen LogP contribution in [0, 0.1) is 10.1 Å². The normalized spacial score (nSPS) is 31.7. The van der Waals surface area contributed by atoms with E-state index in [0.717, 1.165) is 18.2 Å². The first-order chi connectivity index (χ1) is 11.1. The van der Waals surface area contributed by atoms with Gasteiger partial charge >= 0.3 is 0 Å². The molecule has 0 atom stereocenters. The SMILES string of the molecule is C[NH+]1CC[NH+](C2CC[NH+](Cc3cccc([N+](=O)[O-])c3)CC2)CC1. The van der Waals surface area contributed by atoms with Gasteiger partial charge in [-0.3, -0.25) is 10.1 Å². The zero-order valence-electron chi connectivity index (χ0n) is 14.0. The van der Waals surface area contributed by atoms with Crippen LogP contribution in [0.15, 0.2) is 24.3 Å². The lowest BCUT2D eigenvalue weighted by atomic mass is 10.0. The molecule has 23 heavy (non-hydrogen) atoms. The molecule has 6 nitrogen and oxygen atoms in total. The number of non-ortho nitro benzene ring substituents is 1. The van der Waals surface area contributed by atoms with Crippen molar-refractivity contribution in [2.45, 2.75) is 25.4 Å². The Hall–Kier alpha value is -1.50. The van der Waals surface area contributed by atoms with Gasteiger partial charge in [-0.1, -0.05) is 12.1 Å². The second kappa shape index (κ2) is 7.38. The molecule has 2 fully saturated rings. The van der Waals surface area contributed by atoms with Gasteiger partial charge in [0.1, 0.15) is 32.7 Å². The molecule has 2 heterocycles. The monoisotopic (exact) mass is 321 g/mol. The summed E-state index contributed by atoms with van der Waals surface area (Å²) in [6, 6.07) is 7.95. The van der Waals surface area contributed by atoms with Gasteiger partial charge in [0.2, 0.25) is 0 Å². The highest BCUT2D eigenvalue weighted by molar-refractivity contribution is 5.33. The van der Waals surface area contributed by atoms with Gasteiger partial charge in [0.05, 0.1) is 31.1 Å². The predicted molar refractivity (Wildman–Crippen MR) is 87.8 cm³/mol. The summed E-state index contributed by atoms with van der Waals surface area (Å²) in [7, 11) is 2.29. The maximum absolute atomic E-state index is 10.9. The minimum atomic E-state index is -0.302. The number of piperazine rings is 1. The highest BCUT2D eigenvalue weighted by Gasteiger charge is 2.32. The van der Waals surface area contributed by atoms with Gasteiger partial charge in [-0.05, 0) is 0 Å². The van der Waals surface area contributed by atoms with Crippen molar-refractivity contribution in [2.75, 3.05) is 46.3 Å². The van der Waals surface area contributed by atoms with Crippen LogP contribution in [0.3, 0.4) is 0 Å². The number of piperidine rings is 1. The van der Waals surface area contributed by atoms with Crippen LogP contribution in [0.25, 0.3) is 0 Å². The van der Waals surface area contributed by atoms with Crippen molar-refractivity contribution < 1.29 is 19.6 Å². The number of likely N-dealkylation sites (tertiary alicyclic amines) is 1. The lowest BCUT2D eigenvalue weighted by Gasteiger charge is -2.37. The fraction of sp³-hybridized carbons (Fsp3) is 0.647. The minimum absolute atomic E-state index is 0.209. The molecule has 1 aromatic carbocycles. The zero-order valence-corrected chi connectivity index (χ0v) is 14.0. The Kier molecular flexibility index (Phi) is 5.25. The van der Waals surface area contributed by atoms with E-state index in [1.807, 2.05) is 11.0 Å². The minimum Gasteiger partial charge on any atom is -0.331 e. The Balaban J connectivity index is 1.49. The lowest BCUT2D eigenvalue weighted by Crippen LogP contribution is -3.29. The molecule has 2 saturated heterocycles. The van der Waals surface area contributed by atoms with E-state index in [1.54, 1.807) is 28.0 Å². The third-order valence-corrected chi connectivity index (χ3v) is 5.59. The largest absolute Gasteiger partial charge is 0.331 e. The second-order valence-corrected chi connectivity index (χ2v) is 7.24. The lowest BCUT2D eigenvalue weighted by molar-refractivity contribution is -1.02. The number of nitrogens with zero attached hydrogens (tertiary/aromatic N) is 1. The standard InChI is InChI=1S/C17H26N4O2/c1-18-9-11-20(12-10-18)16-5-7-19(8-6-16)14-15-3-2-4-17(13-15)21(22)23/h2-4,13,16H,5-12,14H2,1H3/p+3. The fourth-order valence-electron chi connectivity index (χ4n) is 4.09. The van der Waals surface area contributed by atoms with Crippen molar-refractivity contribution in [2.24, 2.45) is 0 Å². The molecule has 0 amide bonds. The van der Waals surface area contributed by atoms with Gasteiger partial charge in [-0.2, -0.15) is 0 Å². The van der Waals surface area contributed by atoms with Crippen LogP contribution in [0.4, 0.5) is 5.69 Å². The Morgan fingerprint density at radius 3 is 2.48 bits per heavy atom. The Labute approximate surface area is 137 Å². The summed E-state index contributed by atoms with van der Waals surface area (Å²) in [5, 5.41) is 10.9. The highest BCUT2D eigenvalue weighted by atomic mass is 16.6. The van der Waals surface area contributed by atoms with E-state index in [-0.39, 0.29) is 10.6 Å². The number of hydrogen-bond donors (Lipinski definition) is 3. The number of nitro benzene ring substituents is 1. The van der Waals surface area contributed by atoms with Crippen molar-refractivity contribution >= 4 is 5.69 Å². The molecular formula is C17H29N4O2+3. The van der Waals surface area contributed by atoms with Crippen LogP contribution >= 0.6 is 0 Å². The first kappa shape index (κ1) is 16.4. The molecule has 0 radical (unpaired) electrons. The van der Waals surface area contributed by atoms with E-state index in [0.29, 0.717) is 0 Å². The van der Waals surface area contributed by atoms with Gasteiger partial charge in [-0.25, -0.2) is 0 Å². The van der Waals surface area contributed by atoms with Gasteiger partial charge in [-0.15, -0.1) is 0 Å². The summed E-state index contributed by atoms with van der Waals surface area (Å²) in [6.07, 6.45) is 2.58. The van der Waals surface area contributed by atoms with Crippen molar-refractivity contribution in [3.8, 4) is 0 Å². The van der Waals surface area contributed by atoms with Crippen LogP contribution in [-0.4, -0.2) is 57.3 Å². The molecule has 0 aliphatic carbocycles. The number of nitrogens with one attached hydrogen (secondary N) is 3. The van der Waals surface area contributed by atoms with Crippen molar-refractivity contribution in [3.63, 3.8) is 0 Å². The molecule has 0 spiro atoms. The maximum atomic E-state index is 10.9. The predicted octanol–water partition coefficient (Wildman–Crippen LogP) is -2.44. The summed E-state index contributed by atoms with van der Waals surface area (Å²) < 4.78 is 0. The number of benzene rings is 1. The second-order valence-electron chi connectivity index (χ2n) is 7.24. The van der Waals surface area contributed by atoms with E-state index in [2.05, 4.69) is 7.05 Å². The van der Waals surface area contributed by atoms with Gasteiger partial charge < -0.3 is 14.7 Å². The van der Waals surface area contributed by atoms with Crippen LogP contribution in [-0.2, 0) is 6.54 Å². The van der Waals surface area contributed by atoms with Gasteiger partial charge in [0.25, 0.3) is 5.69 Å². The molecule has 2 aliphatic heterocycles. The molecule has 2 aliphatic rings. The number of quaternary nitrogens is 3. The van der Waals surface area contributed by atoms with Crippen molar-refractivity contribution in [1.82, 2.24) is 0 Å². The van der Waals surface area contributed by atoms with E-state index in [1.165, 1.54) is 52.1 Å². The summed E-state index contributed by atoms with van der Waals surface area (Å²) in [5.74, 6) is 0. The molecule has 0 bridgehead atoms.